The molecule has 0 aliphatic rings. The molecule has 1 heterocycles. The van der Waals surface area contributed by atoms with Crippen LogP contribution < -0.4 is 10.6 Å². The Balaban J connectivity index is 1.89. The highest BCUT2D eigenvalue weighted by Gasteiger charge is 2.24. The number of rotatable bonds is 4. The van der Waals surface area contributed by atoms with E-state index in [1.807, 2.05) is 76.2 Å². The minimum Gasteiger partial charge on any atom is -0.444 e. The van der Waals surface area contributed by atoms with E-state index in [1.54, 1.807) is 25.5 Å². The van der Waals surface area contributed by atoms with Crippen LogP contribution in [0.3, 0.4) is 0 Å². The van der Waals surface area contributed by atoms with E-state index < -0.39 is 17.2 Å². The van der Waals surface area contributed by atoms with Gasteiger partial charge in [0, 0.05) is 27.3 Å². The number of aromatic nitrogens is 2. The fourth-order valence-corrected chi connectivity index (χ4v) is 3.63. The number of halogens is 1. The molecule has 1 aromatic heterocycles. The lowest BCUT2D eigenvalue weighted by atomic mass is 10.0. The number of hydrogen-bond donors (Lipinski definition) is 2. The number of alkyl carbamates (subject to hydrolysis) is 1. The molecule has 0 radical (unpaired) electrons. The minimum absolute atomic E-state index is 0.169. The fraction of sp³-hybridized carbons (Fsp3) is 0.345. The van der Waals surface area contributed by atoms with E-state index in [4.69, 9.17) is 21.4 Å². The first-order chi connectivity index (χ1) is 17.2. The van der Waals surface area contributed by atoms with Crippen LogP contribution in [0.2, 0.25) is 5.02 Å². The second kappa shape index (κ2) is 11.1. The molecule has 37 heavy (non-hydrogen) atoms. The van der Waals surface area contributed by atoms with E-state index in [1.165, 1.54) is 0 Å². The molecule has 0 unspecified atom stereocenters. The van der Waals surface area contributed by atoms with E-state index in [2.05, 4.69) is 22.5 Å². The third kappa shape index (κ3) is 7.86. The molecule has 0 aliphatic carbocycles. The topological polar surface area (TPSA) is 85.3 Å². The van der Waals surface area contributed by atoms with Crippen LogP contribution in [0.15, 0.2) is 48.5 Å². The second-order valence-corrected chi connectivity index (χ2v) is 11.1. The smallest absolute Gasteiger partial charge is 0.408 e. The van der Waals surface area contributed by atoms with Gasteiger partial charge in [-0.3, -0.25) is 4.79 Å². The summed E-state index contributed by atoms with van der Waals surface area (Å²) in [4.78, 5) is 24.8. The zero-order valence-corrected chi connectivity index (χ0v) is 23.1. The number of amides is 2. The lowest BCUT2D eigenvalue weighted by Gasteiger charge is -2.19. The summed E-state index contributed by atoms with van der Waals surface area (Å²) in [5, 5.41) is 10.9. The van der Waals surface area contributed by atoms with Gasteiger partial charge in [0.2, 0.25) is 0 Å². The number of nitrogens with one attached hydrogen (secondary N) is 2. The molecule has 0 saturated carbocycles. The molecule has 0 bridgehead atoms. The van der Waals surface area contributed by atoms with Crippen LogP contribution >= 0.6 is 11.6 Å². The number of nitrogens with zero attached hydrogens (tertiary/aromatic N) is 2. The Morgan fingerprint density at radius 3 is 2.19 bits per heavy atom. The Kier molecular flexibility index (Phi) is 8.35. The van der Waals surface area contributed by atoms with E-state index in [0.717, 1.165) is 28.1 Å². The zero-order valence-electron chi connectivity index (χ0n) is 22.3. The van der Waals surface area contributed by atoms with Gasteiger partial charge in [-0.25, -0.2) is 9.48 Å². The molecule has 2 aromatic carbocycles. The van der Waals surface area contributed by atoms with Crippen molar-refractivity contribution in [3.8, 4) is 28.8 Å². The van der Waals surface area contributed by atoms with E-state index >= 15 is 0 Å². The van der Waals surface area contributed by atoms with Gasteiger partial charge in [0.25, 0.3) is 5.91 Å². The molecule has 194 valence electrons. The predicted molar refractivity (Wildman–Crippen MR) is 147 cm³/mol. The van der Waals surface area contributed by atoms with Crippen molar-refractivity contribution in [2.45, 2.75) is 59.6 Å². The highest BCUT2D eigenvalue weighted by atomic mass is 35.5. The summed E-state index contributed by atoms with van der Waals surface area (Å²) in [7, 11) is 0. The SMILES string of the molecule is Cc1c(C(=O)NC(C)(C)C)nn(-c2ccc(C#CCNC(=O)OC(C)(C)C)cc2)c1-c1ccc(Cl)cc1. The van der Waals surface area contributed by atoms with Crippen LogP contribution in [0.4, 0.5) is 4.79 Å². The fourth-order valence-electron chi connectivity index (χ4n) is 3.51. The molecule has 3 aromatic rings. The van der Waals surface area contributed by atoms with Crippen LogP contribution in [0.1, 0.15) is 63.2 Å². The van der Waals surface area contributed by atoms with Crippen LogP contribution in [0.5, 0.6) is 0 Å². The highest BCUT2D eigenvalue weighted by molar-refractivity contribution is 6.30. The summed E-state index contributed by atoms with van der Waals surface area (Å²) >= 11 is 6.11. The summed E-state index contributed by atoms with van der Waals surface area (Å²) in [6.07, 6.45) is -0.507. The largest absolute Gasteiger partial charge is 0.444 e. The average molecular weight is 521 g/mol. The summed E-state index contributed by atoms with van der Waals surface area (Å²) in [5.74, 6) is 5.71. The maximum atomic E-state index is 13.0. The van der Waals surface area contributed by atoms with Gasteiger partial charge in [-0.15, -0.1) is 0 Å². The number of ether oxygens (including phenoxy) is 1. The van der Waals surface area contributed by atoms with Gasteiger partial charge in [-0.2, -0.15) is 5.10 Å². The first kappa shape index (κ1) is 27.8. The Morgan fingerprint density at radius 1 is 1.00 bits per heavy atom. The maximum absolute atomic E-state index is 13.0. The Labute approximate surface area is 223 Å². The Morgan fingerprint density at radius 2 is 1.62 bits per heavy atom. The molecule has 0 saturated heterocycles. The minimum atomic E-state index is -0.559. The molecule has 2 amide bonds. The van der Waals surface area contributed by atoms with Gasteiger partial charge >= 0.3 is 6.09 Å². The van der Waals surface area contributed by atoms with Crippen molar-refractivity contribution < 1.29 is 14.3 Å². The lowest BCUT2D eigenvalue weighted by Crippen LogP contribution is -2.41. The summed E-state index contributed by atoms with van der Waals surface area (Å²) < 4.78 is 6.96. The quantitative estimate of drug-likeness (QED) is 0.419. The van der Waals surface area contributed by atoms with Crippen molar-refractivity contribution in [3.05, 3.63) is 70.4 Å². The van der Waals surface area contributed by atoms with Gasteiger partial charge < -0.3 is 15.4 Å². The van der Waals surface area contributed by atoms with Crippen LogP contribution in [0.25, 0.3) is 16.9 Å². The van der Waals surface area contributed by atoms with Crippen molar-refractivity contribution in [1.82, 2.24) is 20.4 Å². The van der Waals surface area contributed by atoms with E-state index in [9.17, 15) is 9.59 Å². The number of benzene rings is 2. The molecule has 7 nitrogen and oxygen atoms in total. The third-order valence-electron chi connectivity index (χ3n) is 5.01. The molecule has 0 fully saturated rings. The van der Waals surface area contributed by atoms with Crippen molar-refractivity contribution in [2.75, 3.05) is 6.54 Å². The summed E-state index contributed by atoms with van der Waals surface area (Å²) in [6.45, 7) is 13.3. The standard InChI is InChI=1S/C29H33ClN4O3/c1-19-24(26(35)32-28(2,3)4)33-34(25(19)21-12-14-22(30)15-13-21)23-16-10-20(11-17-23)9-8-18-31-27(36)37-29(5,6)7/h10-17H,18H2,1-7H3,(H,31,36)(H,32,35). The normalized spacial score (nSPS) is 11.4. The molecule has 8 heteroatoms. The average Bonchev–Trinajstić information content (AvgIpc) is 3.13. The summed E-state index contributed by atoms with van der Waals surface area (Å²) in [6, 6.07) is 15.0. The van der Waals surface area contributed by atoms with Gasteiger partial charge in [0.1, 0.15) is 5.60 Å². The molecule has 2 N–H and O–H groups in total. The van der Waals surface area contributed by atoms with Gasteiger partial charge in [-0.05, 0) is 84.9 Å². The molecule has 0 atom stereocenters. The zero-order chi connectivity index (χ0) is 27.4. The maximum Gasteiger partial charge on any atom is 0.408 e. The first-order valence-corrected chi connectivity index (χ1v) is 12.4. The number of hydrogen-bond acceptors (Lipinski definition) is 4. The van der Waals surface area contributed by atoms with Gasteiger partial charge in [0.05, 0.1) is 17.9 Å². The monoisotopic (exact) mass is 520 g/mol. The predicted octanol–water partition coefficient (Wildman–Crippen LogP) is 5.91. The van der Waals surface area contributed by atoms with Gasteiger partial charge in [0.15, 0.2) is 5.69 Å². The van der Waals surface area contributed by atoms with Gasteiger partial charge in [-0.1, -0.05) is 35.6 Å². The molecule has 0 spiro atoms. The number of carbonyl (C=O) groups excluding carboxylic acids is 2. The Bertz CT molecular complexity index is 1330. The van der Waals surface area contributed by atoms with E-state index in [-0.39, 0.29) is 12.5 Å². The lowest BCUT2D eigenvalue weighted by molar-refractivity contribution is 0.0535. The third-order valence-corrected chi connectivity index (χ3v) is 5.26. The van der Waals surface area contributed by atoms with Crippen molar-refractivity contribution in [1.29, 1.82) is 0 Å². The second-order valence-electron chi connectivity index (χ2n) is 10.6. The van der Waals surface area contributed by atoms with Crippen molar-refractivity contribution in [2.24, 2.45) is 0 Å². The highest BCUT2D eigenvalue weighted by Crippen LogP contribution is 2.30. The van der Waals surface area contributed by atoms with Crippen LogP contribution in [0, 0.1) is 18.8 Å². The van der Waals surface area contributed by atoms with Crippen LogP contribution in [-0.4, -0.2) is 39.5 Å². The molecular formula is C29H33ClN4O3. The Hall–Kier alpha value is -3.76. The molecule has 0 aliphatic heterocycles. The van der Waals surface area contributed by atoms with Crippen LogP contribution in [-0.2, 0) is 4.74 Å². The molecular weight excluding hydrogens is 488 g/mol. The van der Waals surface area contributed by atoms with E-state index in [0.29, 0.717) is 10.7 Å². The molecule has 3 rings (SSSR count). The summed E-state index contributed by atoms with van der Waals surface area (Å²) in [5.41, 5.74) is 3.41. The van der Waals surface area contributed by atoms with Crippen molar-refractivity contribution in [3.63, 3.8) is 0 Å². The first-order valence-electron chi connectivity index (χ1n) is 12.0. The van der Waals surface area contributed by atoms with Crippen molar-refractivity contribution >= 4 is 23.6 Å². The number of carbonyl (C=O) groups is 2.